The lowest BCUT2D eigenvalue weighted by molar-refractivity contribution is -0.132. The van der Waals surface area contributed by atoms with Crippen molar-refractivity contribution in [2.75, 3.05) is 11.9 Å². The molecule has 0 unspecified atom stereocenters. The second-order valence-corrected chi connectivity index (χ2v) is 2.44. The first-order valence-corrected chi connectivity index (χ1v) is 3.50. The maximum absolute atomic E-state index is 12.9. The summed E-state index contributed by atoms with van der Waals surface area (Å²) in [6, 6.07) is 4.35. The van der Waals surface area contributed by atoms with Crippen molar-refractivity contribution in [3.05, 3.63) is 24.0 Å². The third-order valence-corrected chi connectivity index (χ3v) is 1.61. The zero-order valence-electron chi connectivity index (χ0n) is 6.13. The first kappa shape index (κ1) is 7.09. The summed E-state index contributed by atoms with van der Waals surface area (Å²) < 4.78 is 17.7. The Balaban J connectivity index is 2.48. The average Bonchev–Trinajstić information content (AvgIpc) is 2.04. The first-order valence-electron chi connectivity index (χ1n) is 3.50. The Labute approximate surface area is 68.1 Å². The molecule has 2 rings (SSSR count). The molecule has 1 aromatic rings. The zero-order chi connectivity index (χ0) is 8.55. The van der Waals surface area contributed by atoms with Crippen LogP contribution >= 0.6 is 0 Å². The van der Waals surface area contributed by atoms with Gasteiger partial charge in [-0.05, 0) is 12.1 Å². The Morgan fingerprint density at radius 2 is 2.33 bits per heavy atom. The van der Waals surface area contributed by atoms with Crippen LogP contribution in [0.4, 0.5) is 10.1 Å². The van der Waals surface area contributed by atoms with Crippen LogP contribution in [0.1, 0.15) is 0 Å². The largest absolute Gasteiger partial charge is 0.423 e. The van der Waals surface area contributed by atoms with Crippen LogP contribution in [0.15, 0.2) is 18.2 Å². The van der Waals surface area contributed by atoms with Gasteiger partial charge in [-0.1, -0.05) is 6.07 Å². The molecule has 0 aromatic heterocycles. The monoisotopic (exact) mass is 167 g/mol. The van der Waals surface area contributed by atoms with Gasteiger partial charge >= 0.3 is 5.97 Å². The number of nitrogens with one attached hydrogen (secondary N) is 1. The number of para-hydroxylation sites is 1. The molecule has 0 radical (unpaired) electrons. The number of benzene rings is 1. The van der Waals surface area contributed by atoms with E-state index in [1.807, 2.05) is 0 Å². The summed E-state index contributed by atoms with van der Waals surface area (Å²) in [5, 5.41) is 2.63. The molecule has 0 aliphatic carbocycles. The summed E-state index contributed by atoms with van der Waals surface area (Å²) in [6.07, 6.45) is 0. The molecule has 62 valence electrons. The van der Waals surface area contributed by atoms with E-state index in [9.17, 15) is 9.18 Å². The quantitative estimate of drug-likeness (QED) is 0.465. The van der Waals surface area contributed by atoms with E-state index in [0.29, 0.717) is 0 Å². The van der Waals surface area contributed by atoms with Crippen molar-refractivity contribution in [1.29, 1.82) is 0 Å². The average molecular weight is 167 g/mol. The predicted molar refractivity (Wildman–Crippen MR) is 40.5 cm³/mol. The van der Waals surface area contributed by atoms with E-state index in [1.165, 1.54) is 12.1 Å². The lowest BCUT2D eigenvalue weighted by atomic mass is 10.2. The summed E-state index contributed by atoms with van der Waals surface area (Å²) >= 11 is 0. The number of anilines is 1. The van der Waals surface area contributed by atoms with E-state index in [2.05, 4.69) is 5.32 Å². The van der Waals surface area contributed by atoms with Crippen molar-refractivity contribution in [2.45, 2.75) is 0 Å². The topological polar surface area (TPSA) is 38.3 Å². The Hall–Kier alpha value is -1.58. The third-order valence-electron chi connectivity index (χ3n) is 1.61. The van der Waals surface area contributed by atoms with Gasteiger partial charge in [-0.15, -0.1) is 0 Å². The molecule has 1 aliphatic heterocycles. The smallest absolute Gasteiger partial charge is 0.330 e. The molecule has 1 N–H and O–H groups in total. The van der Waals surface area contributed by atoms with Crippen LogP contribution < -0.4 is 10.1 Å². The summed E-state index contributed by atoms with van der Waals surface area (Å²) in [7, 11) is 0. The minimum absolute atomic E-state index is 0.0218. The highest BCUT2D eigenvalue weighted by Gasteiger charge is 2.18. The maximum atomic E-state index is 12.9. The molecule has 4 heteroatoms. The highest BCUT2D eigenvalue weighted by Crippen LogP contribution is 2.29. The van der Waals surface area contributed by atoms with Crippen LogP contribution in [0.3, 0.4) is 0 Å². The van der Waals surface area contributed by atoms with Gasteiger partial charge in [-0.25, -0.2) is 9.18 Å². The molecular weight excluding hydrogens is 161 g/mol. The second kappa shape index (κ2) is 2.48. The van der Waals surface area contributed by atoms with Gasteiger partial charge in [0.25, 0.3) is 0 Å². The number of fused-ring (bicyclic) bond motifs is 1. The van der Waals surface area contributed by atoms with Crippen molar-refractivity contribution >= 4 is 11.7 Å². The number of ether oxygens (including phenoxy) is 1. The first-order chi connectivity index (χ1) is 5.77. The number of hydrogen-bond acceptors (Lipinski definition) is 3. The molecule has 0 saturated carbocycles. The van der Waals surface area contributed by atoms with E-state index < -0.39 is 11.8 Å². The lowest BCUT2D eigenvalue weighted by Gasteiger charge is -2.17. The van der Waals surface area contributed by atoms with E-state index in [1.54, 1.807) is 6.07 Å². The van der Waals surface area contributed by atoms with Gasteiger partial charge in [0.15, 0.2) is 5.75 Å². The number of carbonyl (C=O) groups is 1. The SMILES string of the molecule is O=C1CNc2c(F)cccc2O1. The van der Waals surface area contributed by atoms with E-state index in [0.717, 1.165) is 0 Å². The minimum Gasteiger partial charge on any atom is -0.423 e. The standard InChI is InChI=1S/C8H6FNO2/c9-5-2-1-3-6-8(5)10-4-7(11)12-6/h1-3,10H,4H2. The number of carbonyl (C=O) groups excluding carboxylic acids is 1. The van der Waals surface area contributed by atoms with E-state index in [4.69, 9.17) is 4.74 Å². The van der Waals surface area contributed by atoms with Crippen molar-refractivity contribution in [3.63, 3.8) is 0 Å². The van der Waals surface area contributed by atoms with Crippen molar-refractivity contribution in [1.82, 2.24) is 0 Å². The van der Waals surface area contributed by atoms with Crippen LogP contribution in [-0.4, -0.2) is 12.5 Å². The van der Waals surface area contributed by atoms with E-state index >= 15 is 0 Å². The van der Waals surface area contributed by atoms with Gasteiger partial charge in [0.2, 0.25) is 0 Å². The summed E-state index contributed by atoms with van der Waals surface area (Å²) in [6.45, 7) is 0.0218. The van der Waals surface area contributed by atoms with Crippen molar-refractivity contribution in [2.24, 2.45) is 0 Å². The third kappa shape index (κ3) is 1.01. The fourth-order valence-electron chi connectivity index (χ4n) is 1.08. The molecule has 0 spiro atoms. The predicted octanol–water partition coefficient (Wildman–Crippen LogP) is 1.16. The van der Waals surface area contributed by atoms with Gasteiger partial charge in [-0.2, -0.15) is 0 Å². The maximum Gasteiger partial charge on any atom is 0.330 e. The lowest BCUT2D eigenvalue weighted by Crippen LogP contribution is -2.25. The molecule has 1 aliphatic rings. The number of halogens is 1. The summed E-state index contributed by atoms with van der Waals surface area (Å²) in [5.41, 5.74) is 0.261. The van der Waals surface area contributed by atoms with Crippen LogP contribution in [0.5, 0.6) is 5.75 Å². The van der Waals surface area contributed by atoms with Gasteiger partial charge in [0.1, 0.15) is 18.0 Å². The van der Waals surface area contributed by atoms with Gasteiger partial charge in [0.05, 0.1) is 0 Å². The summed E-state index contributed by atoms with van der Waals surface area (Å²) in [4.78, 5) is 10.7. The number of rotatable bonds is 0. The van der Waals surface area contributed by atoms with Crippen LogP contribution in [0, 0.1) is 5.82 Å². The molecule has 3 nitrogen and oxygen atoms in total. The van der Waals surface area contributed by atoms with Crippen LogP contribution in [-0.2, 0) is 4.79 Å². The Morgan fingerprint density at radius 3 is 3.17 bits per heavy atom. The summed E-state index contributed by atoms with van der Waals surface area (Å²) in [5.74, 6) is -0.542. The number of hydrogen-bond donors (Lipinski definition) is 1. The Bertz CT molecular complexity index is 338. The Kier molecular flexibility index (Phi) is 1.46. The second-order valence-electron chi connectivity index (χ2n) is 2.44. The van der Waals surface area contributed by atoms with Crippen molar-refractivity contribution < 1.29 is 13.9 Å². The normalized spacial score (nSPS) is 14.6. The molecule has 12 heavy (non-hydrogen) atoms. The highest BCUT2D eigenvalue weighted by atomic mass is 19.1. The van der Waals surface area contributed by atoms with Crippen LogP contribution in [0.2, 0.25) is 0 Å². The van der Waals surface area contributed by atoms with Gasteiger partial charge in [-0.3, -0.25) is 0 Å². The molecule has 0 atom stereocenters. The molecule has 1 aromatic carbocycles. The fraction of sp³-hybridized carbons (Fsp3) is 0.125. The van der Waals surface area contributed by atoms with Gasteiger partial charge < -0.3 is 10.1 Å². The van der Waals surface area contributed by atoms with Gasteiger partial charge in [0, 0.05) is 0 Å². The molecule has 0 fully saturated rings. The molecule has 1 heterocycles. The molecule has 0 amide bonds. The zero-order valence-corrected chi connectivity index (χ0v) is 6.13. The number of esters is 1. The molecule has 0 bridgehead atoms. The van der Waals surface area contributed by atoms with Crippen LogP contribution in [0.25, 0.3) is 0 Å². The minimum atomic E-state index is -0.403. The Morgan fingerprint density at radius 1 is 1.50 bits per heavy atom. The molecule has 0 saturated heterocycles. The fourth-order valence-corrected chi connectivity index (χ4v) is 1.08. The van der Waals surface area contributed by atoms with Crippen molar-refractivity contribution in [3.8, 4) is 5.75 Å². The highest BCUT2D eigenvalue weighted by molar-refractivity contribution is 5.83. The molecular formula is C8H6FNO2. The van der Waals surface area contributed by atoms with E-state index in [-0.39, 0.29) is 18.0 Å².